The Hall–Kier alpha value is -3.41. The van der Waals surface area contributed by atoms with E-state index in [-0.39, 0.29) is 53.4 Å². The van der Waals surface area contributed by atoms with E-state index >= 15 is 0 Å². The third kappa shape index (κ3) is 3.76. The maximum absolute atomic E-state index is 13.1. The number of ether oxygens (including phenoxy) is 1. The molecule has 2 aromatic rings. The average molecular weight is 471 g/mol. The Balaban J connectivity index is 1.07. The Kier molecular flexibility index (Phi) is 4.92. The van der Waals surface area contributed by atoms with Gasteiger partial charge in [-0.25, -0.2) is 0 Å². The molecular weight excluding hydrogens is 440 g/mol. The highest BCUT2D eigenvalue weighted by atomic mass is 16.5. The van der Waals surface area contributed by atoms with Crippen LogP contribution in [0.25, 0.3) is 0 Å². The van der Waals surface area contributed by atoms with Crippen molar-refractivity contribution in [2.75, 3.05) is 11.9 Å². The molecule has 1 heterocycles. The molecule has 0 spiro atoms. The fraction of sp³-hybridized carbons (Fsp3) is 0.414. The third-order valence-corrected chi connectivity index (χ3v) is 8.15. The SMILES string of the molecule is CC(C)(C)c1ccc(Oc2ccc(NC(=O)CN3C(=O)[C@@H]4[C@@H]5C=C[C@H]([C@H]6C[C@@H]56)[C@@H]4C3=O)cc2)cc1. The van der Waals surface area contributed by atoms with Crippen LogP contribution in [0.3, 0.4) is 0 Å². The summed E-state index contributed by atoms with van der Waals surface area (Å²) in [6, 6.07) is 15.1. The molecule has 0 unspecified atom stereocenters. The number of anilines is 1. The van der Waals surface area contributed by atoms with Crippen LogP contribution in [0.2, 0.25) is 0 Å². The fourth-order valence-corrected chi connectivity index (χ4v) is 6.28. The Morgan fingerprint density at radius 3 is 1.91 bits per heavy atom. The maximum Gasteiger partial charge on any atom is 0.244 e. The monoisotopic (exact) mass is 470 g/mol. The molecule has 1 N–H and O–H groups in total. The molecule has 2 saturated carbocycles. The molecule has 3 fully saturated rings. The lowest BCUT2D eigenvalue weighted by Crippen LogP contribution is -2.40. The van der Waals surface area contributed by atoms with E-state index in [1.807, 2.05) is 12.1 Å². The second kappa shape index (κ2) is 7.80. The molecule has 2 bridgehead atoms. The van der Waals surface area contributed by atoms with E-state index in [0.29, 0.717) is 23.3 Å². The first-order valence-electron chi connectivity index (χ1n) is 12.4. The highest BCUT2D eigenvalue weighted by Gasteiger charge is 2.67. The molecule has 180 valence electrons. The summed E-state index contributed by atoms with van der Waals surface area (Å²) in [7, 11) is 0. The number of carbonyl (C=O) groups excluding carboxylic acids is 3. The Morgan fingerprint density at radius 1 is 0.886 bits per heavy atom. The second-order valence-electron chi connectivity index (χ2n) is 11.4. The topological polar surface area (TPSA) is 75.7 Å². The summed E-state index contributed by atoms with van der Waals surface area (Å²) in [4.78, 5) is 40.0. The molecule has 0 radical (unpaired) electrons. The van der Waals surface area contributed by atoms with Crippen LogP contribution in [-0.2, 0) is 19.8 Å². The first kappa shape index (κ1) is 22.1. The predicted molar refractivity (Wildman–Crippen MR) is 132 cm³/mol. The van der Waals surface area contributed by atoms with Gasteiger partial charge in [-0.3, -0.25) is 19.3 Å². The summed E-state index contributed by atoms with van der Waals surface area (Å²) >= 11 is 0. The van der Waals surface area contributed by atoms with Gasteiger partial charge in [0.2, 0.25) is 17.7 Å². The zero-order valence-corrected chi connectivity index (χ0v) is 20.2. The summed E-state index contributed by atoms with van der Waals surface area (Å²) in [6.45, 7) is 6.27. The minimum absolute atomic E-state index is 0.0809. The lowest BCUT2D eigenvalue weighted by molar-refractivity contribution is -0.142. The first-order valence-corrected chi connectivity index (χ1v) is 12.4. The number of amides is 3. The molecule has 1 aliphatic heterocycles. The van der Waals surface area contributed by atoms with Crippen LogP contribution in [0.4, 0.5) is 5.69 Å². The summed E-state index contributed by atoms with van der Waals surface area (Å²) in [5, 5.41) is 2.81. The summed E-state index contributed by atoms with van der Waals surface area (Å²) in [6.07, 6.45) is 5.40. The average Bonchev–Trinajstić information content (AvgIpc) is 3.61. The fourth-order valence-electron chi connectivity index (χ4n) is 6.28. The lowest BCUT2D eigenvalue weighted by Gasteiger charge is -2.37. The van der Waals surface area contributed by atoms with Crippen LogP contribution in [-0.4, -0.2) is 29.2 Å². The number of rotatable bonds is 5. The van der Waals surface area contributed by atoms with Crippen LogP contribution in [0.5, 0.6) is 11.5 Å². The van der Waals surface area contributed by atoms with Crippen molar-refractivity contribution < 1.29 is 19.1 Å². The highest BCUT2D eigenvalue weighted by molar-refractivity contribution is 6.09. The second-order valence-corrected chi connectivity index (χ2v) is 11.4. The van der Waals surface area contributed by atoms with Crippen molar-refractivity contribution in [2.45, 2.75) is 32.6 Å². The third-order valence-electron chi connectivity index (χ3n) is 8.15. The Labute approximate surface area is 205 Å². The molecule has 6 nitrogen and oxygen atoms in total. The maximum atomic E-state index is 13.1. The molecule has 2 aromatic carbocycles. The molecule has 5 aliphatic rings. The van der Waals surface area contributed by atoms with E-state index in [1.165, 1.54) is 10.5 Å². The van der Waals surface area contributed by atoms with Gasteiger partial charge in [0.1, 0.15) is 18.0 Å². The van der Waals surface area contributed by atoms with E-state index in [1.54, 1.807) is 24.3 Å². The Morgan fingerprint density at radius 2 is 1.40 bits per heavy atom. The highest BCUT2D eigenvalue weighted by Crippen LogP contribution is 2.65. The van der Waals surface area contributed by atoms with Crippen LogP contribution >= 0.6 is 0 Å². The van der Waals surface area contributed by atoms with E-state index in [9.17, 15) is 14.4 Å². The van der Waals surface area contributed by atoms with Crippen molar-refractivity contribution in [3.63, 3.8) is 0 Å². The molecule has 4 aliphatic carbocycles. The summed E-state index contributed by atoms with van der Waals surface area (Å²) < 4.78 is 5.92. The molecule has 35 heavy (non-hydrogen) atoms. The molecule has 1 saturated heterocycles. The number of nitrogens with zero attached hydrogens (tertiary/aromatic N) is 1. The first-order chi connectivity index (χ1) is 16.7. The number of carbonyl (C=O) groups is 3. The largest absolute Gasteiger partial charge is 0.457 e. The molecule has 7 rings (SSSR count). The quantitative estimate of drug-likeness (QED) is 0.505. The van der Waals surface area contributed by atoms with Crippen LogP contribution in [0.1, 0.15) is 32.8 Å². The number of hydrogen-bond donors (Lipinski definition) is 1. The minimum atomic E-state index is -0.373. The lowest BCUT2D eigenvalue weighted by atomic mass is 9.63. The standard InChI is InChI=1S/C29H30N2O4/c1-29(2,3)16-4-8-18(9-5-16)35-19-10-6-17(7-11-19)30-24(32)15-31-27(33)25-20-12-13-21(23-14-22(20)23)26(25)28(31)34/h4-13,20-23,25-26H,14-15H2,1-3H3,(H,30,32)/t20-,21-,22-,23+,25+,26-/m1/s1. The number of hydrogen-bond acceptors (Lipinski definition) is 4. The number of imide groups is 1. The van der Waals surface area contributed by atoms with Gasteiger partial charge < -0.3 is 10.1 Å². The van der Waals surface area contributed by atoms with Gasteiger partial charge in [-0.05, 0) is 77.5 Å². The van der Waals surface area contributed by atoms with Gasteiger partial charge in [0, 0.05) is 5.69 Å². The van der Waals surface area contributed by atoms with Gasteiger partial charge in [-0.15, -0.1) is 0 Å². The zero-order valence-electron chi connectivity index (χ0n) is 20.2. The summed E-state index contributed by atoms with van der Waals surface area (Å²) in [5.41, 5.74) is 1.90. The smallest absolute Gasteiger partial charge is 0.244 e. The van der Waals surface area contributed by atoms with Gasteiger partial charge in [0.15, 0.2) is 0 Å². The zero-order chi connectivity index (χ0) is 24.5. The number of nitrogens with one attached hydrogen (secondary N) is 1. The Bertz CT molecular complexity index is 1190. The number of allylic oxidation sites excluding steroid dienone is 2. The van der Waals surface area contributed by atoms with Gasteiger partial charge in [-0.2, -0.15) is 0 Å². The van der Waals surface area contributed by atoms with Crippen molar-refractivity contribution in [2.24, 2.45) is 35.5 Å². The molecule has 6 heteroatoms. The van der Waals surface area contributed by atoms with Crippen molar-refractivity contribution in [3.05, 3.63) is 66.2 Å². The van der Waals surface area contributed by atoms with E-state index < -0.39 is 0 Å². The molecule has 3 amide bonds. The van der Waals surface area contributed by atoms with Crippen molar-refractivity contribution in [3.8, 4) is 11.5 Å². The molecular formula is C29H30N2O4. The van der Waals surface area contributed by atoms with Crippen LogP contribution in [0.15, 0.2) is 60.7 Å². The van der Waals surface area contributed by atoms with E-state index in [0.717, 1.165) is 12.2 Å². The molecule has 0 aromatic heterocycles. The predicted octanol–water partition coefficient (Wildman–Crippen LogP) is 4.77. The number of likely N-dealkylation sites (tertiary alicyclic amines) is 1. The van der Waals surface area contributed by atoms with Crippen molar-refractivity contribution >= 4 is 23.4 Å². The van der Waals surface area contributed by atoms with Crippen molar-refractivity contribution in [1.29, 1.82) is 0 Å². The van der Waals surface area contributed by atoms with Crippen LogP contribution in [0, 0.1) is 35.5 Å². The minimum Gasteiger partial charge on any atom is -0.457 e. The van der Waals surface area contributed by atoms with Gasteiger partial charge in [0.25, 0.3) is 0 Å². The van der Waals surface area contributed by atoms with Gasteiger partial charge in [0.05, 0.1) is 11.8 Å². The van der Waals surface area contributed by atoms with Gasteiger partial charge in [-0.1, -0.05) is 45.1 Å². The number of benzene rings is 2. The van der Waals surface area contributed by atoms with E-state index in [4.69, 9.17) is 4.74 Å². The van der Waals surface area contributed by atoms with Crippen molar-refractivity contribution in [1.82, 2.24) is 4.90 Å². The summed E-state index contributed by atoms with van der Waals surface area (Å²) in [5.74, 6) is 1.54. The van der Waals surface area contributed by atoms with Crippen LogP contribution < -0.4 is 10.1 Å². The van der Waals surface area contributed by atoms with Gasteiger partial charge >= 0.3 is 0 Å². The molecule has 6 atom stereocenters. The van der Waals surface area contributed by atoms with E-state index in [2.05, 4.69) is 50.4 Å². The normalized spacial score (nSPS) is 30.2.